The standard InChI is InChI=1S/C14H23NO5/c1-10-2-3-12(20-10)14(18)15-7-4-11(5-8-15)19-9-6-13(16)17/h10-12H,2-9H2,1H3,(H,16,17). The summed E-state index contributed by atoms with van der Waals surface area (Å²) in [6, 6.07) is 0. The van der Waals surface area contributed by atoms with E-state index in [0.29, 0.717) is 13.1 Å². The van der Waals surface area contributed by atoms with Gasteiger partial charge in [0.1, 0.15) is 6.10 Å². The molecule has 6 heteroatoms. The highest BCUT2D eigenvalue weighted by Gasteiger charge is 2.33. The maximum absolute atomic E-state index is 12.2. The fourth-order valence-corrected chi connectivity index (χ4v) is 2.74. The zero-order chi connectivity index (χ0) is 14.5. The summed E-state index contributed by atoms with van der Waals surface area (Å²) in [6.07, 6.45) is 3.33. The lowest BCUT2D eigenvalue weighted by molar-refractivity contribution is -0.145. The zero-order valence-electron chi connectivity index (χ0n) is 11.9. The van der Waals surface area contributed by atoms with Crippen LogP contribution in [-0.4, -0.2) is 59.9 Å². The average Bonchev–Trinajstić information content (AvgIpc) is 2.85. The number of aliphatic carboxylic acids is 1. The van der Waals surface area contributed by atoms with E-state index in [9.17, 15) is 9.59 Å². The van der Waals surface area contributed by atoms with Gasteiger partial charge in [0, 0.05) is 13.1 Å². The second-order valence-corrected chi connectivity index (χ2v) is 5.55. The first-order chi connectivity index (χ1) is 9.56. The van der Waals surface area contributed by atoms with E-state index < -0.39 is 5.97 Å². The first-order valence-electron chi connectivity index (χ1n) is 7.34. The monoisotopic (exact) mass is 285 g/mol. The maximum Gasteiger partial charge on any atom is 0.305 e. The average molecular weight is 285 g/mol. The van der Waals surface area contributed by atoms with E-state index in [2.05, 4.69) is 0 Å². The van der Waals surface area contributed by atoms with Crippen LogP contribution in [0.5, 0.6) is 0 Å². The van der Waals surface area contributed by atoms with Gasteiger partial charge in [0.05, 0.1) is 25.2 Å². The minimum absolute atomic E-state index is 0.0347. The van der Waals surface area contributed by atoms with Crippen molar-refractivity contribution in [1.29, 1.82) is 0 Å². The molecule has 0 aromatic carbocycles. The number of carboxylic acid groups (broad SMARTS) is 1. The van der Waals surface area contributed by atoms with Gasteiger partial charge < -0.3 is 19.5 Å². The molecule has 0 radical (unpaired) electrons. The summed E-state index contributed by atoms with van der Waals surface area (Å²) in [4.78, 5) is 24.5. The quantitative estimate of drug-likeness (QED) is 0.816. The SMILES string of the molecule is CC1CCC(C(=O)N2CCC(OCCC(=O)O)CC2)O1. The van der Waals surface area contributed by atoms with Crippen LogP contribution in [0.2, 0.25) is 0 Å². The van der Waals surface area contributed by atoms with Crippen molar-refractivity contribution in [2.45, 2.75) is 57.3 Å². The Kier molecular flexibility index (Phi) is 5.37. The molecule has 1 amide bonds. The number of carbonyl (C=O) groups is 2. The van der Waals surface area contributed by atoms with Crippen LogP contribution in [0, 0.1) is 0 Å². The van der Waals surface area contributed by atoms with Gasteiger partial charge in [-0.25, -0.2) is 0 Å². The zero-order valence-corrected chi connectivity index (χ0v) is 11.9. The van der Waals surface area contributed by atoms with Gasteiger partial charge in [-0.05, 0) is 32.6 Å². The lowest BCUT2D eigenvalue weighted by Gasteiger charge is -2.33. The molecular formula is C14H23NO5. The molecule has 2 aliphatic heterocycles. The summed E-state index contributed by atoms with van der Waals surface area (Å²) < 4.78 is 11.1. The molecule has 114 valence electrons. The molecule has 0 aliphatic carbocycles. The minimum Gasteiger partial charge on any atom is -0.481 e. The number of nitrogens with zero attached hydrogens (tertiary/aromatic N) is 1. The van der Waals surface area contributed by atoms with Crippen molar-refractivity contribution in [3.63, 3.8) is 0 Å². The van der Waals surface area contributed by atoms with E-state index in [4.69, 9.17) is 14.6 Å². The van der Waals surface area contributed by atoms with Gasteiger partial charge in [-0.15, -0.1) is 0 Å². The Bertz CT molecular complexity index is 351. The molecule has 2 atom stereocenters. The number of ether oxygens (including phenoxy) is 2. The number of carbonyl (C=O) groups excluding carboxylic acids is 1. The number of hydrogen-bond donors (Lipinski definition) is 1. The number of hydrogen-bond acceptors (Lipinski definition) is 4. The molecule has 0 aromatic rings. The summed E-state index contributed by atoms with van der Waals surface area (Å²) in [7, 11) is 0. The smallest absolute Gasteiger partial charge is 0.305 e. The van der Waals surface area contributed by atoms with Crippen molar-refractivity contribution in [3.8, 4) is 0 Å². The number of amides is 1. The Morgan fingerprint density at radius 1 is 1.25 bits per heavy atom. The van der Waals surface area contributed by atoms with E-state index in [1.807, 2.05) is 11.8 Å². The van der Waals surface area contributed by atoms with Crippen LogP contribution in [0.4, 0.5) is 0 Å². The molecule has 0 aromatic heterocycles. The summed E-state index contributed by atoms with van der Waals surface area (Å²) in [6.45, 7) is 3.59. The molecule has 0 bridgehead atoms. The highest BCUT2D eigenvalue weighted by atomic mass is 16.5. The van der Waals surface area contributed by atoms with Gasteiger partial charge in [0.15, 0.2) is 0 Å². The Labute approximate surface area is 119 Å². The second-order valence-electron chi connectivity index (χ2n) is 5.55. The van der Waals surface area contributed by atoms with Gasteiger partial charge >= 0.3 is 5.97 Å². The molecule has 6 nitrogen and oxygen atoms in total. The van der Waals surface area contributed by atoms with Crippen molar-refractivity contribution in [3.05, 3.63) is 0 Å². The molecule has 0 spiro atoms. The topological polar surface area (TPSA) is 76.1 Å². The predicted octanol–water partition coefficient (Wildman–Crippen LogP) is 1.04. The predicted molar refractivity (Wildman–Crippen MR) is 71.4 cm³/mol. The van der Waals surface area contributed by atoms with Gasteiger partial charge in [-0.3, -0.25) is 9.59 Å². The van der Waals surface area contributed by atoms with Crippen LogP contribution < -0.4 is 0 Å². The van der Waals surface area contributed by atoms with Crippen LogP contribution in [0.25, 0.3) is 0 Å². The number of likely N-dealkylation sites (tertiary alicyclic amines) is 1. The summed E-state index contributed by atoms with van der Waals surface area (Å²) in [5.74, 6) is -0.747. The number of rotatable bonds is 5. The van der Waals surface area contributed by atoms with Crippen LogP contribution in [-0.2, 0) is 19.1 Å². The molecule has 2 unspecified atom stereocenters. The minimum atomic E-state index is -0.842. The second kappa shape index (κ2) is 7.04. The molecule has 2 fully saturated rings. The van der Waals surface area contributed by atoms with Crippen molar-refractivity contribution >= 4 is 11.9 Å². The Morgan fingerprint density at radius 3 is 2.50 bits per heavy atom. The van der Waals surface area contributed by atoms with Crippen LogP contribution >= 0.6 is 0 Å². The summed E-state index contributed by atoms with van der Waals surface area (Å²) in [5, 5.41) is 8.55. The fourth-order valence-electron chi connectivity index (χ4n) is 2.74. The van der Waals surface area contributed by atoms with Gasteiger partial charge in [0.25, 0.3) is 5.91 Å². The van der Waals surface area contributed by atoms with Crippen LogP contribution in [0.3, 0.4) is 0 Å². The third-order valence-corrected chi connectivity index (χ3v) is 3.93. The highest BCUT2D eigenvalue weighted by Crippen LogP contribution is 2.23. The van der Waals surface area contributed by atoms with E-state index in [1.54, 1.807) is 0 Å². The Balaban J connectivity index is 1.68. The molecule has 0 saturated carbocycles. The Morgan fingerprint density at radius 2 is 1.95 bits per heavy atom. The van der Waals surface area contributed by atoms with Crippen molar-refractivity contribution in [1.82, 2.24) is 4.90 Å². The molecular weight excluding hydrogens is 262 g/mol. The molecule has 2 saturated heterocycles. The highest BCUT2D eigenvalue weighted by molar-refractivity contribution is 5.81. The summed E-state index contributed by atoms with van der Waals surface area (Å²) >= 11 is 0. The van der Waals surface area contributed by atoms with Crippen LogP contribution in [0.15, 0.2) is 0 Å². The van der Waals surface area contributed by atoms with Gasteiger partial charge in [0.2, 0.25) is 0 Å². The molecule has 2 aliphatic rings. The molecule has 20 heavy (non-hydrogen) atoms. The largest absolute Gasteiger partial charge is 0.481 e. The third-order valence-electron chi connectivity index (χ3n) is 3.93. The van der Waals surface area contributed by atoms with Gasteiger partial charge in [-0.2, -0.15) is 0 Å². The lowest BCUT2D eigenvalue weighted by atomic mass is 10.1. The van der Waals surface area contributed by atoms with Crippen LogP contribution in [0.1, 0.15) is 39.0 Å². The molecule has 2 heterocycles. The Hall–Kier alpha value is -1.14. The van der Waals surface area contributed by atoms with Crippen molar-refractivity contribution < 1.29 is 24.2 Å². The first-order valence-corrected chi connectivity index (χ1v) is 7.34. The lowest BCUT2D eigenvalue weighted by Crippen LogP contribution is -2.45. The normalized spacial score (nSPS) is 27.8. The van der Waals surface area contributed by atoms with E-state index in [1.165, 1.54) is 0 Å². The van der Waals surface area contributed by atoms with E-state index in [0.717, 1.165) is 25.7 Å². The molecule has 2 rings (SSSR count). The third kappa shape index (κ3) is 4.18. The fraction of sp³-hybridized carbons (Fsp3) is 0.857. The first kappa shape index (κ1) is 15.3. The van der Waals surface area contributed by atoms with E-state index in [-0.39, 0.29) is 37.2 Å². The number of carboxylic acids is 1. The molecule has 1 N–H and O–H groups in total. The maximum atomic E-state index is 12.2. The number of piperidine rings is 1. The van der Waals surface area contributed by atoms with Crippen molar-refractivity contribution in [2.24, 2.45) is 0 Å². The van der Waals surface area contributed by atoms with Gasteiger partial charge in [-0.1, -0.05) is 0 Å². The van der Waals surface area contributed by atoms with Crippen molar-refractivity contribution in [2.75, 3.05) is 19.7 Å². The van der Waals surface area contributed by atoms with E-state index >= 15 is 0 Å². The summed E-state index contributed by atoms with van der Waals surface area (Å²) in [5.41, 5.74) is 0.